The van der Waals surface area contributed by atoms with Gasteiger partial charge in [-0.15, -0.1) is 0 Å². The summed E-state index contributed by atoms with van der Waals surface area (Å²) in [5.41, 5.74) is 1.29. The van der Waals surface area contributed by atoms with E-state index in [-0.39, 0.29) is 6.04 Å². The Kier molecular flexibility index (Phi) is 4.34. The third-order valence-electron chi connectivity index (χ3n) is 3.36. The van der Waals surface area contributed by atoms with Crippen LogP contribution in [0.2, 0.25) is 0 Å². The van der Waals surface area contributed by atoms with Gasteiger partial charge >= 0.3 is 0 Å². The van der Waals surface area contributed by atoms with E-state index in [1.165, 1.54) is 18.5 Å². The van der Waals surface area contributed by atoms with Crippen molar-refractivity contribution < 1.29 is 4.21 Å². The van der Waals surface area contributed by atoms with E-state index in [1.807, 2.05) is 12.5 Å². The molecule has 2 heterocycles. The number of nitrogens with zero attached hydrogens (tertiary/aromatic N) is 2. The number of nitrogens with one attached hydrogen (secondary N) is 1. The van der Waals surface area contributed by atoms with Crippen molar-refractivity contribution in [2.45, 2.75) is 31.7 Å². The molecule has 0 amide bonds. The molecular formula is C12H21N3OS. The van der Waals surface area contributed by atoms with Gasteiger partial charge in [0.2, 0.25) is 0 Å². The van der Waals surface area contributed by atoms with Crippen LogP contribution in [0.5, 0.6) is 0 Å². The van der Waals surface area contributed by atoms with Crippen LogP contribution in [0.1, 0.15) is 37.4 Å². The molecule has 1 aromatic heterocycles. The lowest BCUT2D eigenvalue weighted by molar-refractivity contribution is 0.431. The zero-order valence-corrected chi connectivity index (χ0v) is 11.4. The van der Waals surface area contributed by atoms with Crippen LogP contribution < -0.4 is 5.32 Å². The van der Waals surface area contributed by atoms with Crippen molar-refractivity contribution in [3.8, 4) is 0 Å². The highest BCUT2D eigenvalue weighted by molar-refractivity contribution is 7.84. The van der Waals surface area contributed by atoms with Gasteiger partial charge in [0.1, 0.15) is 0 Å². The number of imidazole rings is 1. The van der Waals surface area contributed by atoms with Gasteiger partial charge in [-0.05, 0) is 26.3 Å². The molecule has 1 aromatic rings. The van der Waals surface area contributed by atoms with E-state index in [9.17, 15) is 4.21 Å². The van der Waals surface area contributed by atoms with Crippen LogP contribution in [0.3, 0.4) is 0 Å². The fourth-order valence-electron chi connectivity index (χ4n) is 2.52. The molecule has 0 aromatic carbocycles. The average molecular weight is 255 g/mol. The molecule has 96 valence electrons. The molecule has 17 heavy (non-hydrogen) atoms. The van der Waals surface area contributed by atoms with Gasteiger partial charge < -0.3 is 9.88 Å². The Labute approximate surface area is 105 Å². The number of rotatable bonds is 4. The molecule has 0 bridgehead atoms. The van der Waals surface area contributed by atoms with Gasteiger partial charge in [-0.25, -0.2) is 4.98 Å². The lowest BCUT2D eigenvalue weighted by Crippen LogP contribution is -2.30. The first-order chi connectivity index (χ1) is 8.18. The largest absolute Gasteiger partial charge is 0.331 e. The van der Waals surface area contributed by atoms with Gasteiger partial charge in [-0.3, -0.25) is 4.21 Å². The quantitative estimate of drug-likeness (QED) is 0.882. The highest BCUT2D eigenvalue weighted by Gasteiger charge is 2.20. The maximum atomic E-state index is 11.3. The van der Waals surface area contributed by atoms with Crippen molar-refractivity contribution >= 4 is 10.8 Å². The molecule has 3 unspecified atom stereocenters. The Bertz CT molecular complexity index is 385. The second kappa shape index (κ2) is 5.78. The van der Waals surface area contributed by atoms with Gasteiger partial charge in [0.15, 0.2) is 0 Å². The minimum absolute atomic E-state index is 0.264. The van der Waals surface area contributed by atoms with Crippen LogP contribution in [0.25, 0.3) is 0 Å². The topological polar surface area (TPSA) is 46.9 Å². The van der Waals surface area contributed by atoms with E-state index in [0.717, 1.165) is 13.1 Å². The van der Waals surface area contributed by atoms with Crippen molar-refractivity contribution in [3.05, 3.63) is 18.2 Å². The molecule has 4 nitrogen and oxygen atoms in total. The molecule has 1 saturated heterocycles. The SMILES string of the molecule is CC(CS(C)=O)n1cncc1C1CCCNC1. The second-order valence-corrected chi connectivity index (χ2v) is 6.34. The van der Waals surface area contributed by atoms with Crippen molar-refractivity contribution in [2.24, 2.45) is 0 Å². The van der Waals surface area contributed by atoms with E-state index in [2.05, 4.69) is 21.8 Å². The summed E-state index contributed by atoms with van der Waals surface area (Å²) in [7, 11) is -0.758. The summed E-state index contributed by atoms with van der Waals surface area (Å²) >= 11 is 0. The monoisotopic (exact) mass is 255 g/mol. The summed E-state index contributed by atoms with van der Waals surface area (Å²) in [6.07, 6.45) is 8.05. The first-order valence-electron chi connectivity index (χ1n) is 6.21. The molecule has 1 fully saturated rings. The Morgan fingerprint density at radius 1 is 1.71 bits per heavy atom. The standard InChI is InChI=1S/C12H21N3OS/c1-10(8-17(2)16)15-9-14-7-12(15)11-4-3-5-13-6-11/h7,9-11,13H,3-6,8H2,1-2H3. The molecule has 0 radical (unpaired) electrons. The minimum atomic E-state index is -0.758. The van der Waals surface area contributed by atoms with Crippen molar-refractivity contribution in [1.29, 1.82) is 0 Å². The average Bonchev–Trinajstić information content (AvgIpc) is 2.78. The first-order valence-corrected chi connectivity index (χ1v) is 7.93. The van der Waals surface area contributed by atoms with E-state index in [1.54, 1.807) is 6.26 Å². The minimum Gasteiger partial charge on any atom is -0.331 e. The molecule has 2 rings (SSSR count). The number of aromatic nitrogens is 2. The number of hydrogen-bond acceptors (Lipinski definition) is 3. The predicted octanol–water partition coefficient (Wildman–Crippen LogP) is 1.29. The van der Waals surface area contributed by atoms with Gasteiger partial charge in [0, 0.05) is 53.2 Å². The predicted molar refractivity (Wildman–Crippen MR) is 70.7 cm³/mol. The second-order valence-electron chi connectivity index (χ2n) is 4.86. The molecule has 1 aliphatic rings. The van der Waals surface area contributed by atoms with E-state index < -0.39 is 10.8 Å². The third kappa shape index (κ3) is 3.16. The van der Waals surface area contributed by atoms with Crippen LogP contribution >= 0.6 is 0 Å². The highest BCUT2D eigenvalue weighted by Crippen LogP contribution is 2.25. The summed E-state index contributed by atoms with van der Waals surface area (Å²) in [6, 6.07) is 0.264. The molecule has 0 spiro atoms. The molecule has 3 atom stereocenters. The van der Waals surface area contributed by atoms with Gasteiger partial charge in [0.25, 0.3) is 0 Å². The maximum Gasteiger partial charge on any atom is 0.0951 e. The van der Waals surface area contributed by atoms with E-state index in [0.29, 0.717) is 11.7 Å². The fraction of sp³-hybridized carbons (Fsp3) is 0.750. The van der Waals surface area contributed by atoms with Crippen LogP contribution in [0.15, 0.2) is 12.5 Å². The molecular weight excluding hydrogens is 234 g/mol. The zero-order chi connectivity index (χ0) is 12.3. The van der Waals surface area contributed by atoms with Crippen LogP contribution in [-0.2, 0) is 10.8 Å². The summed E-state index contributed by atoms with van der Waals surface area (Å²) in [5.74, 6) is 1.25. The zero-order valence-electron chi connectivity index (χ0n) is 10.6. The summed E-state index contributed by atoms with van der Waals surface area (Å²) in [4.78, 5) is 4.26. The van der Waals surface area contributed by atoms with Crippen molar-refractivity contribution in [3.63, 3.8) is 0 Å². The van der Waals surface area contributed by atoms with Crippen LogP contribution in [0, 0.1) is 0 Å². The molecule has 5 heteroatoms. The molecule has 1 aliphatic heterocycles. The van der Waals surface area contributed by atoms with Crippen molar-refractivity contribution in [1.82, 2.24) is 14.9 Å². The smallest absolute Gasteiger partial charge is 0.0951 e. The Morgan fingerprint density at radius 2 is 2.53 bits per heavy atom. The number of piperidine rings is 1. The number of hydrogen-bond donors (Lipinski definition) is 1. The summed E-state index contributed by atoms with van der Waals surface area (Å²) in [5, 5.41) is 3.43. The Hall–Kier alpha value is -0.680. The molecule has 0 aliphatic carbocycles. The Morgan fingerprint density at radius 3 is 3.18 bits per heavy atom. The van der Waals surface area contributed by atoms with Gasteiger partial charge in [-0.2, -0.15) is 0 Å². The lowest BCUT2D eigenvalue weighted by Gasteiger charge is -2.25. The normalized spacial score (nSPS) is 24.5. The van der Waals surface area contributed by atoms with Gasteiger partial charge in [-0.1, -0.05) is 0 Å². The summed E-state index contributed by atoms with van der Waals surface area (Å²) < 4.78 is 13.5. The summed E-state index contributed by atoms with van der Waals surface area (Å²) in [6.45, 7) is 4.27. The first kappa shape index (κ1) is 12.8. The third-order valence-corrected chi connectivity index (χ3v) is 4.31. The lowest BCUT2D eigenvalue weighted by atomic mass is 9.96. The van der Waals surface area contributed by atoms with Crippen LogP contribution in [-0.4, -0.2) is 38.9 Å². The highest BCUT2D eigenvalue weighted by atomic mass is 32.2. The molecule has 0 saturated carbocycles. The fourth-order valence-corrected chi connectivity index (χ4v) is 3.36. The maximum absolute atomic E-state index is 11.3. The van der Waals surface area contributed by atoms with E-state index >= 15 is 0 Å². The Balaban J connectivity index is 2.12. The van der Waals surface area contributed by atoms with E-state index in [4.69, 9.17) is 0 Å². The van der Waals surface area contributed by atoms with Crippen LogP contribution in [0.4, 0.5) is 0 Å². The van der Waals surface area contributed by atoms with Crippen molar-refractivity contribution in [2.75, 3.05) is 25.1 Å². The van der Waals surface area contributed by atoms with Gasteiger partial charge in [0.05, 0.1) is 6.33 Å². The molecule has 1 N–H and O–H groups in total.